The number of halogens is 1. The zero-order valence-electron chi connectivity index (χ0n) is 10.2. The number of aromatic nitrogens is 3. The molecule has 0 aromatic carbocycles. The molecule has 0 unspecified atom stereocenters. The lowest BCUT2D eigenvalue weighted by atomic mass is 10.2. The molecule has 0 spiro atoms. The van der Waals surface area contributed by atoms with Crippen molar-refractivity contribution in [2.45, 2.75) is 13.3 Å². The van der Waals surface area contributed by atoms with Crippen LogP contribution >= 0.6 is 27.3 Å². The number of nitrogens with zero attached hydrogens (tertiary/aromatic N) is 3. The van der Waals surface area contributed by atoms with Gasteiger partial charge in [-0.05, 0) is 39.9 Å². The highest BCUT2D eigenvalue weighted by Gasteiger charge is 2.11. The van der Waals surface area contributed by atoms with Crippen LogP contribution in [-0.4, -0.2) is 15.0 Å². The Hall–Kier alpha value is -1.53. The summed E-state index contributed by atoms with van der Waals surface area (Å²) in [7, 11) is 0. The Bertz CT molecular complexity index is 753. The molecule has 4 nitrogen and oxygen atoms in total. The minimum atomic E-state index is 0.466. The number of hydrogen-bond acceptors (Lipinski definition) is 5. The minimum Gasteiger partial charge on any atom is -0.383 e. The monoisotopic (exact) mass is 334 g/mol. The number of pyridine rings is 1. The molecule has 0 aliphatic rings. The third-order valence-electron chi connectivity index (χ3n) is 2.84. The van der Waals surface area contributed by atoms with Crippen molar-refractivity contribution in [2.75, 3.05) is 5.73 Å². The molecule has 0 aliphatic carbocycles. The van der Waals surface area contributed by atoms with Crippen LogP contribution in [0.4, 0.5) is 5.82 Å². The van der Waals surface area contributed by atoms with Crippen molar-refractivity contribution in [1.82, 2.24) is 15.0 Å². The van der Waals surface area contributed by atoms with Crippen LogP contribution < -0.4 is 5.73 Å². The lowest BCUT2D eigenvalue weighted by molar-refractivity contribution is 0.995. The number of fused-ring (bicyclic) bond motifs is 1. The SMILES string of the molecule is CCc1nc(-c2cnc3ccsc3c2)nc(N)c1Br. The molecule has 3 rings (SSSR count). The number of hydrogen-bond donors (Lipinski definition) is 1. The summed E-state index contributed by atoms with van der Waals surface area (Å²) in [4.78, 5) is 13.3. The summed E-state index contributed by atoms with van der Waals surface area (Å²) in [5.74, 6) is 1.09. The fourth-order valence-electron chi connectivity index (χ4n) is 1.85. The van der Waals surface area contributed by atoms with Crippen molar-refractivity contribution < 1.29 is 0 Å². The average molecular weight is 335 g/mol. The van der Waals surface area contributed by atoms with E-state index >= 15 is 0 Å². The predicted octanol–water partition coefficient (Wildman–Crippen LogP) is 3.66. The predicted molar refractivity (Wildman–Crippen MR) is 82.1 cm³/mol. The molecular formula is C13H11BrN4S. The first kappa shape index (κ1) is 12.5. The zero-order chi connectivity index (χ0) is 13.4. The molecule has 2 N–H and O–H groups in total. The molecule has 0 saturated carbocycles. The summed E-state index contributed by atoms with van der Waals surface area (Å²) in [6.45, 7) is 2.04. The molecule has 19 heavy (non-hydrogen) atoms. The van der Waals surface area contributed by atoms with Gasteiger partial charge in [-0.3, -0.25) is 4.98 Å². The van der Waals surface area contributed by atoms with Gasteiger partial charge in [-0.2, -0.15) is 0 Å². The van der Waals surface area contributed by atoms with E-state index in [1.165, 1.54) is 0 Å². The molecule has 0 aliphatic heterocycles. The smallest absolute Gasteiger partial charge is 0.163 e. The van der Waals surface area contributed by atoms with E-state index in [-0.39, 0.29) is 0 Å². The summed E-state index contributed by atoms with van der Waals surface area (Å²) in [6.07, 6.45) is 2.59. The van der Waals surface area contributed by atoms with Crippen LogP contribution in [0.15, 0.2) is 28.2 Å². The van der Waals surface area contributed by atoms with Crippen LogP contribution in [0.3, 0.4) is 0 Å². The Kier molecular flexibility index (Phi) is 3.20. The van der Waals surface area contributed by atoms with Gasteiger partial charge in [0.1, 0.15) is 5.82 Å². The fraction of sp³-hybridized carbons (Fsp3) is 0.154. The molecule has 3 heterocycles. The highest BCUT2D eigenvalue weighted by atomic mass is 79.9. The molecular weight excluding hydrogens is 324 g/mol. The molecule has 6 heteroatoms. The second-order valence-corrected chi connectivity index (χ2v) is 5.82. The number of nitrogens with two attached hydrogens (primary N) is 1. The lowest BCUT2D eigenvalue weighted by Crippen LogP contribution is -2.02. The normalized spacial score (nSPS) is 11.1. The molecule has 3 aromatic heterocycles. The van der Waals surface area contributed by atoms with E-state index < -0.39 is 0 Å². The fourth-order valence-corrected chi connectivity index (χ4v) is 3.08. The van der Waals surface area contributed by atoms with Crippen LogP contribution in [0.5, 0.6) is 0 Å². The van der Waals surface area contributed by atoms with Crippen molar-refractivity contribution >= 4 is 43.3 Å². The molecule has 0 bridgehead atoms. The first-order chi connectivity index (χ1) is 9.19. The van der Waals surface area contributed by atoms with E-state index in [0.717, 1.165) is 32.4 Å². The Morgan fingerprint density at radius 2 is 2.21 bits per heavy atom. The van der Waals surface area contributed by atoms with E-state index in [4.69, 9.17) is 5.73 Å². The number of anilines is 1. The summed E-state index contributed by atoms with van der Waals surface area (Å²) in [6, 6.07) is 4.05. The first-order valence-electron chi connectivity index (χ1n) is 5.84. The first-order valence-corrected chi connectivity index (χ1v) is 7.52. The van der Waals surface area contributed by atoms with Gasteiger partial charge in [0, 0.05) is 11.8 Å². The average Bonchev–Trinajstić information content (AvgIpc) is 2.89. The summed E-state index contributed by atoms with van der Waals surface area (Å²) in [5.41, 5.74) is 8.71. The summed E-state index contributed by atoms with van der Waals surface area (Å²) >= 11 is 5.07. The Morgan fingerprint density at radius 3 is 3.00 bits per heavy atom. The van der Waals surface area contributed by atoms with E-state index in [1.807, 2.05) is 18.4 Å². The second kappa shape index (κ2) is 4.86. The molecule has 3 aromatic rings. The Labute approximate surface area is 122 Å². The largest absolute Gasteiger partial charge is 0.383 e. The Morgan fingerprint density at radius 1 is 1.37 bits per heavy atom. The maximum atomic E-state index is 5.91. The number of rotatable bonds is 2. The molecule has 0 saturated heterocycles. The number of thiophene rings is 1. The minimum absolute atomic E-state index is 0.466. The van der Waals surface area contributed by atoms with Gasteiger partial charge in [0.15, 0.2) is 5.82 Å². The van der Waals surface area contributed by atoms with Gasteiger partial charge in [-0.25, -0.2) is 9.97 Å². The third kappa shape index (κ3) is 2.21. The second-order valence-electron chi connectivity index (χ2n) is 4.07. The highest BCUT2D eigenvalue weighted by molar-refractivity contribution is 9.10. The van der Waals surface area contributed by atoms with Crippen LogP contribution in [0.2, 0.25) is 0 Å². The third-order valence-corrected chi connectivity index (χ3v) is 4.56. The van der Waals surface area contributed by atoms with Gasteiger partial charge in [0.05, 0.1) is 20.4 Å². The van der Waals surface area contributed by atoms with E-state index in [2.05, 4.69) is 36.9 Å². The van der Waals surface area contributed by atoms with Crippen molar-refractivity contribution in [1.29, 1.82) is 0 Å². The maximum absolute atomic E-state index is 5.91. The van der Waals surface area contributed by atoms with Crippen molar-refractivity contribution in [3.05, 3.63) is 33.9 Å². The van der Waals surface area contributed by atoms with Crippen molar-refractivity contribution in [3.8, 4) is 11.4 Å². The van der Waals surface area contributed by atoms with Gasteiger partial charge >= 0.3 is 0 Å². The molecule has 96 valence electrons. The maximum Gasteiger partial charge on any atom is 0.163 e. The molecule has 0 radical (unpaired) electrons. The van der Waals surface area contributed by atoms with E-state index in [1.54, 1.807) is 17.5 Å². The van der Waals surface area contributed by atoms with Crippen LogP contribution in [-0.2, 0) is 6.42 Å². The van der Waals surface area contributed by atoms with E-state index in [9.17, 15) is 0 Å². The van der Waals surface area contributed by atoms with Gasteiger partial charge in [0.25, 0.3) is 0 Å². The van der Waals surface area contributed by atoms with Crippen LogP contribution in [0.1, 0.15) is 12.6 Å². The van der Waals surface area contributed by atoms with Crippen molar-refractivity contribution in [2.24, 2.45) is 0 Å². The van der Waals surface area contributed by atoms with Gasteiger partial charge in [-0.15, -0.1) is 11.3 Å². The van der Waals surface area contributed by atoms with Crippen LogP contribution in [0, 0.1) is 0 Å². The number of aryl methyl sites for hydroxylation is 1. The number of nitrogen functional groups attached to an aromatic ring is 1. The molecule has 0 fully saturated rings. The quantitative estimate of drug-likeness (QED) is 0.776. The highest BCUT2D eigenvalue weighted by Crippen LogP contribution is 2.28. The van der Waals surface area contributed by atoms with E-state index in [0.29, 0.717) is 11.6 Å². The molecule has 0 atom stereocenters. The van der Waals surface area contributed by atoms with Crippen LogP contribution in [0.25, 0.3) is 21.6 Å². The van der Waals surface area contributed by atoms with Crippen molar-refractivity contribution in [3.63, 3.8) is 0 Å². The topological polar surface area (TPSA) is 64.7 Å². The standard InChI is InChI=1S/C13H11BrN4S/c1-2-8-11(14)12(15)18-13(17-8)7-5-10-9(16-6-7)3-4-19-10/h3-6H,2H2,1H3,(H2,15,17,18). The summed E-state index contributed by atoms with van der Waals surface area (Å²) in [5, 5.41) is 2.02. The lowest BCUT2D eigenvalue weighted by Gasteiger charge is -2.07. The Balaban J connectivity index is 2.17. The van der Waals surface area contributed by atoms with Gasteiger partial charge in [-0.1, -0.05) is 6.92 Å². The zero-order valence-corrected chi connectivity index (χ0v) is 12.6. The molecule has 0 amide bonds. The summed E-state index contributed by atoms with van der Waals surface area (Å²) < 4.78 is 1.91. The van der Waals surface area contributed by atoms with Gasteiger partial charge in [0.2, 0.25) is 0 Å². The van der Waals surface area contributed by atoms with Gasteiger partial charge < -0.3 is 5.73 Å².